The first kappa shape index (κ1) is 20.1. The highest BCUT2D eigenvalue weighted by atomic mass is 32.2. The van der Waals surface area contributed by atoms with Crippen molar-refractivity contribution in [3.05, 3.63) is 70.6 Å². The molecular formula is C22H25N3O2S. The van der Waals surface area contributed by atoms with Crippen LogP contribution in [0.25, 0.3) is 0 Å². The third kappa shape index (κ3) is 5.70. The van der Waals surface area contributed by atoms with Crippen LogP contribution in [0.4, 0.5) is 6.01 Å². The summed E-state index contributed by atoms with van der Waals surface area (Å²) in [6.07, 6.45) is 0.811. The van der Waals surface area contributed by atoms with E-state index < -0.39 is 0 Å². The predicted molar refractivity (Wildman–Crippen MR) is 113 cm³/mol. The van der Waals surface area contributed by atoms with Gasteiger partial charge in [-0.05, 0) is 42.7 Å². The molecule has 5 nitrogen and oxygen atoms in total. The maximum absolute atomic E-state index is 12.3. The Morgan fingerprint density at radius 3 is 2.54 bits per heavy atom. The van der Waals surface area contributed by atoms with Gasteiger partial charge in [0.25, 0.3) is 0 Å². The van der Waals surface area contributed by atoms with Gasteiger partial charge < -0.3 is 4.42 Å². The topological polar surface area (TPSA) is 68.0 Å². The van der Waals surface area contributed by atoms with Crippen molar-refractivity contribution in [1.82, 2.24) is 10.2 Å². The van der Waals surface area contributed by atoms with Gasteiger partial charge in [-0.2, -0.15) is 0 Å². The summed E-state index contributed by atoms with van der Waals surface area (Å²) in [6, 6.07) is 14.5. The largest absolute Gasteiger partial charge is 0.407 e. The lowest BCUT2D eigenvalue weighted by Crippen LogP contribution is -2.15. The molecule has 0 radical (unpaired) electrons. The number of hydrogen-bond acceptors (Lipinski definition) is 5. The van der Waals surface area contributed by atoms with Crippen LogP contribution in [0.15, 0.2) is 51.8 Å². The first-order valence-electron chi connectivity index (χ1n) is 9.33. The molecule has 1 aromatic heterocycles. The van der Waals surface area contributed by atoms with Crippen molar-refractivity contribution in [2.75, 3.05) is 5.32 Å². The van der Waals surface area contributed by atoms with Gasteiger partial charge in [0, 0.05) is 10.1 Å². The maximum Gasteiger partial charge on any atom is 0.322 e. The number of thioether (sulfide) groups is 1. The normalized spacial score (nSPS) is 11.0. The molecule has 2 aromatic carbocycles. The summed E-state index contributed by atoms with van der Waals surface area (Å²) in [6.45, 7) is 8.39. The Morgan fingerprint density at radius 1 is 1.11 bits per heavy atom. The minimum Gasteiger partial charge on any atom is -0.407 e. The number of nitrogens with zero attached hydrogens (tertiary/aromatic N) is 2. The van der Waals surface area contributed by atoms with Gasteiger partial charge in [0.2, 0.25) is 11.8 Å². The Kier molecular flexibility index (Phi) is 6.52. The smallest absolute Gasteiger partial charge is 0.322 e. The summed E-state index contributed by atoms with van der Waals surface area (Å²) in [5.74, 6) is 0.309. The number of aryl methyl sites for hydroxylation is 2. The monoisotopic (exact) mass is 395 g/mol. The van der Waals surface area contributed by atoms with Crippen LogP contribution in [0.3, 0.4) is 0 Å². The van der Waals surface area contributed by atoms with Crippen LogP contribution in [-0.4, -0.2) is 21.4 Å². The zero-order chi connectivity index (χ0) is 20.1. The molecule has 1 N–H and O–H groups in total. The molecule has 3 rings (SSSR count). The fourth-order valence-electron chi connectivity index (χ4n) is 2.89. The van der Waals surface area contributed by atoms with E-state index in [0.29, 0.717) is 17.6 Å². The predicted octanol–water partition coefficient (Wildman–Crippen LogP) is 4.96. The van der Waals surface area contributed by atoms with Crippen LogP contribution < -0.4 is 5.32 Å². The van der Waals surface area contributed by atoms with E-state index >= 15 is 0 Å². The SMILES string of the molecule is Cc1ccc(CC(=O)Nc2nnc(Cc3ccc(SC(C)C)cc3)o2)c(C)c1. The van der Waals surface area contributed by atoms with Crippen molar-refractivity contribution in [2.24, 2.45) is 0 Å². The average molecular weight is 396 g/mol. The summed E-state index contributed by atoms with van der Waals surface area (Å²) < 4.78 is 5.58. The second-order valence-corrected chi connectivity index (χ2v) is 8.79. The standard InChI is InChI=1S/C22H25N3O2S/c1-14(2)28-19-9-6-17(7-10-19)12-21-24-25-22(27-21)23-20(26)13-18-8-5-15(3)11-16(18)4/h5-11,14H,12-13H2,1-4H3,(H,23,25,26). The van der Waals surface area contributed by atoms with Crippen molar-refractivity contribution < 1.29 is 9.21 Å². The number of carbonyl (C=O) groups is 1. The molecule has 0 saturated carbocycles. The Bertz CT molecular complexity index is 949. The van der Waals surface area contributed by atoms with Crippen molar-refractivity contribution >= 4 is 23.7 Å². The number of nitrogens with one attached hydrogen (secondary N) is 1. The van der Waals surface area contributed by atoms with E-state index in [4.69, 9.17) is 4.42 Å². The molecule has 28 heavy (non-hydrogen) atoms. The molecule has 0 saturated heterocycles. The first-order valence-corrected chi connectivity index (χ1v) is 10.2. The van der Waals surface area contributed by atoms with Gasteiger partial charge in [0.05, 0.1) is 12.8 Å². The van der Waals surface area contributed by atoms with Crippen LogP contribution in [0.2, 0.25) is 0 Å². The lowest BCUT2D eigenvalue weighted by Gasteiger charge is -2.06. The Hall–Kier alpha value is -2.60. The van der Waals surface area contributed by atoms with Gasteiger partial charge in [-0.1, -0.05) is 54.8 Å². The van der Waals surface area contributed by atoms with E-state index in [2.05, 4.69) is 59.7 Å². The summed E-state index contributed by atoms with van der Waals surface area (Å²) >= 11 is 1.83. The molecule has 1 heterocycles. The minimum atomic E-state index is -0.169. The number of anilines is 1. The lowest BCUT2D eigenvalue weighted by atomic mass is 10.0. The van der Waals surface area contributed by atoms with Crippen LogP contribution in [-0.2, 0) is 17.6 Å². The highest BCUT2D eigenvalue weighted by Gasteiger charge is 2.12. The molecule has 0 bridgehead atoms. The maximum atomic E-state index is 12.3. The number of carbonyl (C=O) groups excluding carboxylic acids is 1. The summed E-state index contributed by atoms with van der Waals surface area (Å²) in [5.41, 5.74) is 4.35. The number of aromatic nitrogens is 2. The molecule has 0 unspecified atom stereocenters. The highest BCUT2D eigenvalue weighted by Crippen LogP contribution is 2.23. The van der Waals surface area contributed by atoms with Gasteiger partial charge in [-0.15, -0.1) is 16.9 Å². The van der Waals surface area contributed by atoms with E-state index in [1.807, 2.05) is 37.7 Å². The molecule has 0 aliphatic carbocycles. The van der Waals surface area contributed by atoms with Gasteiger partial charge >= 0.3 is 6.01 Å². The summed E-state index contributed by atoms with van der Waals surface area (Å²) in [5, 5.41) is 11.2. The second kappa shape index (κ2) is 9.06. The third-order valence-electron chi connectivity index (χ3n) is 4.21. The van der Waals surface area contributed by atoms with Gasteiger partial charge in [0.15, 0.2) is 0 Å². The number of amides is 1. The van der Waals surface area contributed by atoms with Gasteiger partial charge in [-0.3, -0.25) is 10.1 Å². The molecule has 0 aliphatic rings. The third-order valence-corrected chi connectivity index (χ3v) is 5.23. The van der Waals surface area contributed by atoms with Crippen molar-refractivity contribution in [3.8, 4) is 0 Å². The molecule has 0 atom stereocenters. The minimum absolute atomic E-state index is 0.136. The van der Waals surface area contributed by atoms with E-state index in [0.717, 1.165) is 16.7 Å². The zero-order valence-electron chi connectivity index (χ0n) is 16.7. The van der Waals surface area contributed by atoms with Crippen molar-refractivity contribution in [2.45, 2.75) is 50.7 Å². The molecule has 1 amide bonds. The van der Waals surface area contributed by atoms with E-state index in [1.165, 1.54) is 10.5 Å². The van der Waals surface area contributed by atoms with Gasteiger partial charge in [-0.25, -0.2) is 0 Å². The Balaban J connectivity index is 1.57. The number of rotatable bonds is 7. The molecule has 0 spiro atoms. The average Bonchev–Trinajstić information content (AvgIpc) is 3.05. The Labute approximate surface area is 170 Å². The summed E-state index contributed by atoms with van der Waals surface area (Å²) in [4.78, 5) is 13.5. The number of hydrogen-bond donors (Lipinski definition) is 1. The second-order valence-electron chi connectivity index (χ2n) is 7.14. The fourth-order valence-corrected chi connectivity index (χ4v) is 3.73. The lowest BCUT2D eigenvalue weighted by molar-refractivity contribution is -0.115. The summed E-state index contributed by atoms with van der Waals surface area (Å²) in [7, 11) is 0. The Morgan fingerprint density at radius 2 is 1.86 bits per heavy atom. The van der Waals surface area contributed by atoms with E-state index in [1.54, 1.807) is 0 Å². The molecule has 3 aromatic rings. The quantitative estimate of drug-likeness (QED) is 0.573. The molecule has 146 valence electrons. The molecule has 0 fully saturated rings. The van der Waals surface area contributed by atoms with Gasteiger partial charge in [0.1, 0.15) is 0 Å². The fraction of sp³-hybridized carbons (Fsp3) is 0.318. The van der Waals surface area contributed by atoms with Crippen LogP contribution in [0.5, 0.6) is 0 Å². The molecule has 0 aliphatic heterocycles. The van der Waals surface area contributed by atoms with Crippen molar-refractivity contribution in [3.63, 3.8) is 0 Å². The van der Waals surface area contributed by atoms with E-state index in [9.17, 15) is 4.79 Å². The van der Waals surface area contributed by atoms with E-state index in [-0.39, 0.29) is 18.3 Å². The van der Waals surface area contributed by atoms with Crippen LogP contribution >= 0.6 is 11.8 Å². The molecular weight excluding hydrogens is 370 g/mol. The van der Waals surface area contributed by atoms with Crippen LogP contribution in [0, 0.1) is 13.8 Å². The molecule has 6 heteroatoms. The zero-order valence-corrected chi connectivity index (χ0v) is 17.5. The number of benzene rings is 2. The van der Waals surface area contributed by atoms with Crippen LogP contribution in [0.1, 0.15) is 42.0 Å². The highest BCUT2D eigenvalue weighted by molar-refractivity contribution is 7.99. The first-order chi connectivity index (χ1) is 13.4. The van der Waals surface area contributed by atoms with Crippen molar-refractivity contribution in [1.29, 1.82) is 0 Å².